The van der Waals surface area contributed by atoms with Crippen LogP contribution in [0.15, 0.2) is 59.4 Å². The zero-order valence-electron chi connectivity index (χ0n) is 17.7. The molecule has 4 rings (SSSR count). The van der Waals surface area contributed by atoms with E-state index >= 15 is 0 Å². The molecule has 0 unspecified atom stereocenters. The number of hydrogen-bond donors (Lipinski definition) is 0. The summed E-state index contributed by atoms with van der Waals surface area (Å²) in [4.78, 5) is 18.0. The Kier molecular flexibility index (Phi) is 5.77. The van der Waals surface area contributed by atoms with Gasteiger partial charge < -0.3 is 14.2 Å². The van der Waals surface area contributed by atoms with E-state index in [1.54, 1.807) is 36.4 Å². The zero-order chi connectivity index (χ0) is 22.8. The van der Waals surface area contributed by atoms with Gasteiger partial charge in [-0.3, -0.25) is 9.36 Å². The van der Waals surface area contributed by atoms with Crippen molar-refractivity contribution in [1.82, 2.24) is 9.55 Å². The van der Waals surface area contributed by atoms with Crippen molar-refractivity contribution >= 4 is 10.9 Å². The van der Waals surface area contributed by atoms with Crippen molar-refractivity contribution in [2.75, 3.05) is 21.3 Å². The van der Waals surface area contributed by atoms with Gasteiger partial charge in [-0.2, -0.15) is 0 Å². The predicted molar refractivity (Wildman–Crippen MR) is 117 cm³/mol. The SMILES string of the molecule is COc1cc(-c2nc3ccccc3c(=O)n2Cc2c(F)cccc2F)cc(OC)c1OC. The zero-order valence-corrected chi connectivity index (χ0v) is 17.7. The number of methoxy groups -OCH3 is 3. The third-order valence-corrected chi connectivity index (χ3v) is 5.16. The predicted octanol–water partition coefficient (Wildman–Crippen LogP) is 4.42. The Hall–Kier alpha value is -3.94. The van der Waals surface area contributed by atoms with Crippen molar-refractivity contribution in [2.45, 2.75) is 6.54 Å². The van der Waals surface area contributed by atoms with Crippen molar-refractivity contribution in [2.24, 2.45) is 0 Å². The first kappa shape index (κ1) is 21.3. The summed E-state index contributed by atoms with van der Waals surface area (Å²) in [6.45, 7) is -0.346. The Balaban J connectivity index is 2.03. The molecule has 32 heavy (non-hydrogen) atoms. The van der Waals surface area contributed by atoms with Gasteiger partial charge >= 0.3 is 0 Å². The van der Waals surface area contributed by atoms with E-state index in [1.807, 2.05) is 0 Å². The van der Waals surface area contributed by atoms with Gasteiger partial charge in [0.25, 0.3) is 5.56 Å². The van der Waals surface area contributed by atoms with Crippen LogP contribution in [-0.2, 0) is 6.54 Å². The molecule has 8 heteroatoms. The molecule has 0 spiro atoms. The smallest absolute Gasteiger partial charge is 0.261 e. The maximum Gasteiger partial charge on any atom is 0.261 e. The van der Waals surface area contributed by atoms with E-state index in [-0.39, 0.29) is 17.9 Å². The van der Waals surface area contributed by atoms with Gasteiger partial charge in [0.1, 0.15) is 17.5 Å². The van der Waals surface area contributed by atoms with Crippen LogP contribution in [0.5, 0.6) is 17.2 Å². The molecule has 6 nitrogen and oxygen atoms in total. The molecule has 0 fully saturated rings. The van der Waals surface area contributed by atoms with E-state index in [1.165, 1.54) is 32.0 Å². The third kappa shape index (κ3) is 3.64. The summed E-state index contributed by atoms with van der Waals surface area (Å²) < 4.78 is 46.3. The van der Waals surface area contributed by atoms with Crippen LogP contribution in [0.3, 0.4) is 0 Å². The second kappa shape index (κ2) is 8.66. The minimum absolute atomic E-state index is 0.204. The lowest BCUT2D eigenvalue weighted by Crippen LogP contribution is -2.25. The van der Waals surface area contributed by atoms with Crippen molar-refractivity contribution < 1.29 is 23.0 Å². The average molecular weight is 438 g/mol. The van der Waals surface area contributed by atoms with Crippen LogP contribution < -0.4 is 19.8 Å². The number of hydrogen-bond acceptors (Lipinski definition) is 5. The molecule has 0 atom stereocenters. The van der Waals surface area contributed by atoms with Crippen LogP contribution in [0.25, 0.3) is 22.3 Å². The highest BCUT2D eigenvalue weighted by atomic mass is 19.1. The fraction of sp³-hybridized carbons (Fsp3) is 0.167. The summed E-state index contributed by atoms with van der Waals surface area (Å²) in [5.74, 6) is -0.216. The Morgan fingerprint density at radius 1 is 0.875 bits per heavy atom. The van der Waals surface area contributed by atoms with E-state index in [0.29, 0.717) is 33.7 Å². The number of ether oxygens (including phenoxy) is 3. The van der Waals surface area contributed by atoms with E-state index in [0.717, 1.165) is 12.1 Å². The van der Waals surface area contributed by atoms with Gasteiger partial charge in [-0.05, 0) is 36.4 Å². The maximum absolute atomic E-state index is 14.4. The first-order valence-electron chi connectivity index (χ1n) is 9.71. The molecule has 164 valence electrons. The van der Waals surface area contributed by atoms with Gasteiger partial charge in [0.15, 0.2) is 11.5 Å². The molecule has 0 radical (unpaired) electrons. The van der Waals surface area contributed by atoms with Crippen LogP contribution in [0.4, 0.5) is 8.78 Å². The van der Waals surface area contributed by atoms with Crippen molar-refractivity contribution in [3.05, 3.63) is 82.1 Å². The summed E-state index contributed by atoms with van der Waals surface area (Å²) in [5, 5.41) is 0.334. The Morgan fingerprint density at radius 2 is 1.50 bits per heavy atom. The van der Waals surface area contributed by atoms with Gasteiger partial charge in [0.05, 0.1) is 38.8 Å². The third-order valence-electron chi connectivity index (χ3n) is 5.16. The molecule has 1 aromatic heterocycles. The van der Waals surface area contributed by atoms with Gasteiger partial charge in [-0.15, -0.1) is 0 Å². The number of para-hydroxylation sites is 1. The van der Waals surface area contributed by atoms with Crippen LogP contribution >= 0.6 is 0 Å². The molecular weight excluding hydrogens is 418 g/mol. The fourth-order valence-electron chi connectivity index (χ4n) is 3.59. The molecule has 0 amide bonds. The van der Waals surface area contributed by atoms with E-state index in [4.69, 9.17) is 14.2 Å². The number of halogens is 2. The second-order valence-corrected chi connectivity index (χ2v) is 6.96. The van der Waals surface area contributed by atoms with Gasteiger partial charge in [0, 0.05) is 11.1 Å². The summed E-state index contributed by atoms with van der Waals surface area (Å²) in [6, 6.07) is 13.6. The molecule has 0 bridgehead atoms. The number of benzene rings is 3. The standard InChI is InChI=1S/C24H20F2N2O4/c1-30-20-11-14(12-21(31-2)22(20)32-3)23-27-19-10-5-4-7-15(19)24(29)28(23)13-16-17(25)8-6-9-18(16)26/h4-12H,13H2,1-3H3. The minimum atomic E-state index is -0.749. The maximum atomic E-state index is 14.4. The van der Waals surface area contributed by atoms with Gasteiger partial charge in [-0.25, -0.2) is 13.8 Å². The highest BCUT2D eigenvalue weighted by Crippen LogP contribution is 2.41. The number of fused-ring (bicyclic) bond motifs is 1. The molecule has 3 aromatic carbocycles. The Labute approximate surface area is 182 Å². The van der Waals surface area contributed by atoms with Gasteiger partial charge in [0.2, 0.25) is 5.75 Å². The van der Waals surface area contributed by atoms with Crippen molar-refractivity contribution in [1.29, 1.82) is 0 Å². The molecule has 1 heterocycles. The largest absolute Gasteiger partial charge is 0.493 e. The lowest BCUT2D eigenvalue weighted by Gasteiger charge is -2.17. The fourth-order valence-corrected chi connectivity index (χ4v) is 3.59. The topological polar surface area (TPSA) is 62.6 Å². The molecule has 4 aromatic rings. The second-order valence-electron chi connectivity index (χ2n) is 6.96. The Morgan fingerprint density at radius 3 is 2.09 bits per heavy atom. The molecule has 0 aliphatic heterocycles. The summed E-state index contributed by atoms with van der Waals surface area (Å²) in [6.07, 6.45) is 0. The summed E-state index contributed by atoms with van der Waals surface area (Å²) in [5.41, 5.74) is 0.244. The summed E-state index contributed by atoms with van der Waals surface area (Å²) >= 11 is 0. The first-order valence-corrected chi connectivity index (χ1v) is 9.71. The first-order chi connectivity index (χ1) is 15.5. The molecule has 0 N–H and O–H groups in total. The molecule has 0 aliphatic carbocycles. The number of nitrogens with zero attached hydrogens (tertiary/aromatic N) is 2. The molecule has 0 aliphatic rings. The van der Waals surface area contributed by atoms with Crippen LogP contribution in [-0.4, -0.2) is 30.9 Å². The van der Waals surface area contributed by atoms with E-state index in [2.05, 4.69) is 4.98 Å². The lowest BCUT2D eigenvalue weighted by molar-refractivity contribution is 0.324. The number of aromatic nitrogens is 2. The molecule has 0 saturated heterocycles. The monoisotopic (exact) mass is 438 g/mol. The van der Waals surface area contributed by atoms with Crippen LogP contribution in [0.2, 0.25) is 0 Å². The quantitative estimate of drug-likeness (QED) is 0.446. The van der Waals surface area contributed by atoms with E-state index in [9.17, 15) is 13.6 Å². The Bertz CT molecular complexity index is 1320. The van der Waals surface area contributed by atoms with Gasteiger partial charge in [-0.1, -0.05) is 18.2 Å². The minimum Gasteiger partial charge on any atom is -0.493 e. The van der Waals surface area contributed by atoms with Crippen LogP contribution in [0, 0.1) is 11.6 Å². The highest BCUT2D eigenvalue weighted by molar-refractivity contribution is 5.80. The normalized spacial score (nSPS) is 10.9. The average Bonchev–Trinajstić information content (AvgIpc) is 2.81. The molecule has 0 saturated carbocycles. The molecular formula is C24H20F2N2O4. The van der Waals surface area contributed by atoms with Crippen molar-refractivity contribution in [3.63, 3.8) is 0 Å². The number of rotatable bonds is 6. The lowest BCUT2D eigenvalue weighted by atomic mass is 10.1. The van der Waals surface area contributed by atoms with Crippen molar-refractivity contribution in [3.8, 4) is 28.6 Å². The van der Waals surface area contributed by atoms with E-state index < -0.39 is 17.2 Å². The van der Waals surface area contributed by atoms with Crippen LogP contribution in [0.1, 0.15) is 5.56 Å². The summed E-state index contributed by atoms with van der Waals surface area (Å²) in [7, 11) is 4.42. The highest BCUT2D eigenvalue weighted by Gasteiger charge is 2.20.